The van der Waals surface area contributed by atoms with Crippen molar-refractivity contribution in [3.63, 3.8) is 0 Å². The molecule has 0 bridgehead atoms. The summed E-state index contributed by atoms with van der Waals surface area (Å²) < 4.78 is 0. The number of hydrogen-bond donors (Lipinski definition) is 2. The molecule has 3 rings (SSSR count). The minimum absolute atomic E-state index is 0.207. The van der Waals surface area contributed by atoms with Crippen LogP contribution in [0.3, 0.4) is 0 Å². The van der Waals surface area contributed by atoms with Gasteiger partial charge in [-0.05, 0) is 39.2 Å². The van der Waals surface area contributed by atoms with Crippen molar-refractivity contribution in [1.29, 1.82) is 0 Å². The molecule has 0 aromatic carbocycles. The molecule has 1 saturated carbocycles. The Morgan fingerprint density at radius 1 is 1.28 bits per heavy atom. The largest absolute Gasteiger partial charge is 0.390 e. The van der Waals surface area contributed by atoms with E-state index in [0.29, 0.717) is 12.1 Å². The van der Waals surface area contributed by atoms with Gasteiger partial charge < -0.3 is 10.4 Å². The van der Waals surface area contributed by atoms with Crippen LogP contribution in [0.1, 0.15) is 32.6 Å². The molecule has 18 heavy (non-hydrogen) atoms. The van der Waals surface area contributed by atoms with E-state index in [1.165, 1.54) is 38.8 Å². The Balaban J connectivity index is 1.45. The van der Waals surface area contributed by atoms with Crippen molar-refractivity contribution in [2.24, 2.45) is 0 Å². The zero-order chi connectivity index (χ0) is 12.5. The molecule has 2 aliphatic heterocycles. The van der Waals surface area contributed by atoms with Crippen LogP contribution in [-0.4, -0.2) is 71.9 Å². The molecule has 0 spiro atoms. The quantitative estimate of drug-likeness (QED) is 0.738. The molecule has 2 N–H and O–H groups in total. The molecule has 3 aliphatic rings. The van der Waals surface area contributed by atoms with E-state index >= 15 is 0 Å². The fourth-order valence-corrected chi connectivity index (χ4v) is 3.43. The molecule has 3 unspecified atom stereocenters. The number of β-amino-alcohol motifs (C(OH)–C–C–N with tert-alkyl or cyclic N) is 1. The van der Waals surface area contributed by atoms with Gasteiger partial charge in [-0.2, -0.15) is 0 Å². The summed E-state index contributed by atoms with van der Waals surface area (Å²) in [4.78, 5) is 5.13. The third-order valence-corrected chi connectivity index (χ3v) is 4.73. The summed E-state index contributed by atoms with van der Waals surface area (Å²) in [6.07, 6.45) is 5.09. The highest BCUT2D eigenvalue weighted by molar-refractivity contribution is 4.91. The lowest BCUT2D eigenvalue weighted by Gasteiger charge is -2.43. The first-order valence-electron chi connectivity index (χ1n) is 7.62. The highest BCUT2D eigenvalue weighted by Crippen LogP contribution is 2.24. The van der Waals surface area contributed by atoms with Crippen LogP contribution in [0.15, 0.2) is 0 Å². The monoisotopic (exact) mass is 253 g/mol. The predicted octanol–water partition coefficient (Wildman–Crippen LogP) is 0.268. The van der Waals surface area contributed by atoms with Crippen molar-refractivity contribution in [3.05, 3.63) is 0 Å². The van der Waals surface area contributed by atoms with Gasteiger partial charge in [-0.1, -0.05) is 0 Å². The van der Waals surface area contributed by atoms with Gasteiger partial charge in [0.05, 0.1) is 6.10 Å². The third kappa shape index (κ3) is 3.05. The number of aliphatic hydroxyl groups is 1. The van der Waals surface area contributed by atoms with Crippen LogP contribution in [0.5, 0.6) is 0 Å². The second kappa shape index (κ2) is 5.45. The third-order valence-electron chi connectivity index (χ3n) is 4.73. The normalized spacial score (nSPS) is 35.7. The lowest BCUT2D eigenvalue weighted by Crippen LogP contribution is -2.57. The molecular formula is C14H27N3O. The smallest absolute Gasteiger partial charge is 0.0791 e. The van der Waals surface area contributed by atoms with Crippen molar-refractivity contribution in [2.45, 2.75) is 56.8 Å². The average Bonchev–Trinajstić information content (AvgIpc) is 3.07. The average molecular weight is 253 g/mol. The summed E-state index contributed by atoms with van der Waals surface area (Å²) >= 11 is 0. The molecule has 3 fully saturated rings. The van der Waals surface area contributed by atoms with Crippen LogP contribution in [0, 0.1) is 0 Å². The highest BCUT2D eigenvalue weighted by Gasteiger charge is 2.34. The molecule has 104 valence electrons. The molecule has 2 saturated heterocycles. The Bertz CT molecular complexity index is 282. The van der Waals surface area contributed by atoms with Crippen LogP contribution < -0.4 is 5.32 Å². The van der Waals surface area contributed by atoms with Crippen LogP contribution in [0.2, 0.25) is 0 Å². The maximum Gasteiger partial charge on any atom is 0.0791 e. The maximum atomic E-state index is 10.1. The Kier molecular flexibility index (Phi) is 3.89. The van der Waals surface area contributed by atoms with Crippen molar-refractivity contribution in [1.82, 2.24) is 15.1 Å². The molecule has 1 aliphatic carbocycles. The van der Waals surface area contributed by atoms with Gasteiger partial charge in [0.1, 0.15) is 0 Å². The second-order valence-electron chi connectivity index (χ2n) is 6.43. The Morgan fingerprint density at radius 3 is 2.89 bits per heavy atom. The van der Waals surface area contributed by atoms with Gasteiger partial charge in [0.15, 0.2) is 0 Å². The van der Waals surface area contributed by atoms with E-state index in [4.69, 9.17) is 0 Å². The summed E-state index contributed by atoms with van der Waals surface area (Å²) in [7, 11) is 0. The van der Waals surface area contributed by atoms with Gasteiger partial charge in [0.25, 0.3) is 0 Å². The van der Waals surface area contributed by atoms with E-state index in [1.807, 2.05) is 0 Å². The first kappa shape index (κ1) is 12.9. The van der Waals surface area contributed by atoms with Crippen LogP contribution in [0.25, 0.3) is 0 Å². The first-order chi connectivity index (χ1) is 8.72. The highest BCUT2D eigenvalue weighted by atomic mass is 16.3. The number of nitrogens with zero attached hydrogens (tertiary/aromatic N) is 2. The Morgan fingerprint density at radius 2 is 2.11 bits per heavy atom. The summed E-state index contributed by atoms with van der Waals surface area (Å²) in [5.41, 5.74) is 0. The topological polar surface area (TPSA) is 38.7 Å². The summed E-state index contributed by atoms with van der Waals surface area (Å²) in [6, 6.07) is 2.04. The number of fused-ring (bicyclic) bond motifs is 1. The minimum atomic E-state index is -0.207. The Hall–Kier alpha value is -0.160. The molecule has 0 aromatic rings. The predicted molar refractivity (Wildman–Crippen MR) is 72.7 cm³/mol. The van der Waals surface area contributed by atoms with Gasteiger partial charge in [-0.15, -0.1) is 0 Å². The van der Waals surface area contributed by atoms with Gasteiger partial charge in [-0.3, -0.25) is 9.80 Å². The van der Waals surface area contributed by atoms with Crippen molar-refractivity contribution < 1.29 is 5.11 Å². The van der Waals surface area contributed by atoms with Gasteiger partial charge in [0, 0.05) is 44.3 Å². The molecule has 0 aromatic heterocycles. The molecule has 3 atom stereocenters. The molecule has 2 heterocycles. The first-order valence-corrected chi connectivity index (χ1v) is 7.62. The number of aliphatic hydroxyl groups excluding tert-OH is 1. The zero-order valence-corrected chi connectivity index (χ0v) is 11.5. The Labute approximate surface area is 110 Å². The van der Waals surface area contributed by atoms with Gasteiger partial charge in [-0.25, -0.2) is 0 Å². The molecular weight excluding hydrogens is 226 g/mol. The minimum Gasteiger partial charge on any atom is -0.390 e. The van der Waals surface area contributed by atoms with E-state index in [-0.39, 0.29) is 6.10 Å². The zero-order valence-electron chi connectivity index (χ0n) is 11.5. The summed E-state index contributed by atoms with van der Waals surface area (Å²) in [5.74, 6) is 0. The fraction of sp³-hybridized carbons (Fsp3) is 1.00. The second-order valence-corrected chi connectivity index (χ2v) is 6.43. The van der Waals surface area contributed by atoms with E-state index in [9.17, 15) is 5.11 Å². The van der Waals surface area contributed by atoms with Crippen molar-refractivity contribution >= 4 is 0 Å². The number of hydrogen-bond acceptors (Lipinski definition) is 4. The summed E-state index contributed by atoms with van der Waals surface area (Å²) in [5, 5.41) is 13.5. The van der Waals surface area contributed by atoms with Crippen LogP contribution in [-0.2, 0) is 0 Å². The number of piperazine rings is 1. The van der Waals surface area contributed by atoms with Crippen LogP contribution >= 0.6 is 0 Å². The molecule has 4 heteroatoms. The van der Waals surface area contributed by atoms with E-state index in [0.717, 1.165) is 25.7 Å². The van der Waals surface area contributed by atoms with Crippen LogP contribution in [0.4, 0.5) is 0 Å². The van der Waals surface area contributed by atoms with E-state index in [2.05, 4.69) is 22.0 Å². The lowest BCUT2D eigenvalue weighted by molar-refractivity contribution is 0.0232. The van der Waals surface area contributed by atoms with Crippen molar-refractivity contribution in [3.8, 4) is 0 Å². The summed E-state index contributed by atoms with van der Waals surface area (Å²) in [6.45, 7) is 7.53. The molecule has 0 radical (unpaired) electrons. The van der Waals surface area contributed by atoms with E-state index < -0.39 is 0 Å². The lowest BCUT2D eigenvalue weighted by atomic mass is 10.1. The molecule has 0 amide bonds. The standard InChI is InChI=1S/C14H27N3O/c1-11-8-16-6-2-3-13(16)9-17(11)10-14(18)7-15-12-4-5-12/h11-15,18H,2-10H2,1H3. The number of nitrogens with one attached hydrogen (secondary N) is 1. The molecule has 4 nitrogen and oxygen atoms in total. The van der Waals surface area contributed by atoms with E-state index in [1.54, 1.807) is 0 Å². The van der Waals surface area contributed by atoms with Gasteiger partial charge >= 0.3 is 0 Å². The van der Waals surface area contributed by atoms with Crippen molar-refractivity contribution in [2.75, 3.05) is 32.7 Å². The maximum absolute atomic E-state index is 10.1. The fourth-order valence-electron chi connectivity index (χ4n) is 3.43. The number of rotatable bonds is 5. The van der Waals surface area contributed by atoms with Gasteiger partial charge in [0.2, 0.25) is 0 Å². The SMILES string of the molecule is CC1CN2CCCC2CN1CC(O)CNC1CC1.